The average molecular weight is 284 g/mol. The van der Waals surface area contributed by atoms with Crippen LogP contribution in [0.5, 0.6) is 0 Å². The zero-order valence-electron chi connectivity index (χ0n) is 11.0. The van der Waals surface area contributed by atoms with Gasteiger partial charge in [0.2, 0.25) is 11.8 Å². The van der Waals surface area contributed by atoms with Gasteiger partial charge >= 0.3 is 0 Å². The Bertz CT molecular complexity index is 756. The second-order valence-electron chi connectivity index (χ2n) is 4.75. The first-order valence-electron chi connectivity index (χ1n) is 6.32. The number of hydrogen-bond donors (Lipinski definition) is 2. The number of aromatic nitrogens is 1. The highest BCUT2D eigenvalue weighted by Gasteiger charge is 2.28. The second kappa shape index (κ2) is 4.86. The van der Waals surface area contributed by atoms with Gasteiger partial charge in [0.1, 0.15) is 18.8 Å². The van der Waals surface area contributed by atoms with E-state index in [2.05, 4.69) is 10.3 Å². The van der Waals surface area contributed by atoms with Gasteiger partial charge in [0.25, 0.3) is 5.91 Å². The Hall–Kier alpha value is -2.96. The number of imide groups is 1. The summed E-state index contributed by atoms with van der Waals surface area (Å²) in [6.07, 6.45) is 0. The molecule has 7 heteroatoms. The van der Waals surface area contributed by atoms with E-state index in [1.807, 2.05) is 12.1 Å². The number of nitrogens with one attached hydrogen (secondary N) is 1. The van der Waals surface area contributed by atoms with Crippen LogP contribution in [-0.4, -0.2) is 40.7 Å². The van der Waals surface area contributed by atoms with Gasteiger partial charge in [-0.05, 0) is 12.1 Å². The minimum atomic E-state index is -0.506. The van der Waals surface area contributed by atoms with Gasteiger partial charge in [-0.15, -0.1) is 0 Å². The molecule has 0 spiro atoms. The van der Waals surface area contributed by atoms with Crippen molar-refractivity contribution in [1.82, 2.24) is 15.2 Å². The molecule has 1 saturated heterocycles. The molecule has 0 saturated carbocycles. The first kappa shape index (κ1) is 13.0. The number of benzene rings is 1. The minimum absolute atomic E-state index is 0.119. The van der Waals surface area contributed by atoms with Gasteiger partial charge in [-0.2, -0.15) is 0 Å². The van der Waals surface area contributed by atoms with Crippen LogP contribution in [0, 0.1) is 0 Å². The fourth-order valence-electron chi connectivity index (χ4n) is 2.25. The number of fused-ring (bicyclic) bond motifs is 1. The van der Waals surface area contributed by atoms with Crippen LogP contribution in [0.2, 0.25) is 0 Å². The lowest BCUT2D eigenvalue weighted by Crippen LogP contribution is -2.53. The van der Waals surface area contributed by atoms with Crippen LogP contribution in [0.25, 0.3) is 10.9 Å². The van der Waals surface area contributed by atoms with Crippen LogP contribution in [0.15, 0.2) is 30.3 Å². The van der Waals surface area contributed by atoms with Crippen molar-refractivity contribution in [1.29, 1.82) is 0 Å². The van der Waals surface area contributed by atoms with E-state index < -0.39 is 17.7 Å². The second-order valence-corrected chi connectivity index (χ2v) is 4.75. The molecule has 0 atom stereocenters. The molecule has 2 heterocycles. The molecular formula is C14H12N4O3. The van der Waals surface area contributed by atoms with E-state index in [1.165, 1.54) is 6.07 Å². The molecule has 1 aromatic heterocycles. The van der Waals surface area contributed by atoms with Crippen LogP contribution >= 0.6 is 0 Å². The van der Waals surface area contributed by atoms with E-state index >= 15 is 0 Å². The maximum Gasteiger partial charge on any atom is 0.273 e. The number of amides is 3. The number of pyridine rings is 1. The quantitative estimate of drug-likeness (QED) is 0.712. The fourth-order valence-corrected chi connectivity index (χ4v) is 2.25. The van der Waals surface area contributed by atoms with Crippen molar-refractivity contribution < 1.29 is 14.4 Å². The van der Waals surface area contributed by atoms with Gasteiger partial charge in [-0.1, -0.05) is 18.2 Å². The third-order valence-corrected chi connectivity index (χ3v) is 3.20. The smallest absolute Gasteiger partial charge is 0.273 e. The highest BCUT2D eigenvalue weighted by molar-refractivity contribution is 6.06. The Morgan fingerprint density at radius 1 is 1.19 bits per heavy atom. The molecule has 3 amide bonds. The van der Waals surface area contributed by atoms with E-state index in [0.717, 1.165) is 10.3 Å². The van der Waals surface area contributed by atoms with Gasteiger partial charge in [0.05, 0.1) is 5.52 Å². The van der Waals surface area contributed by atoms with Crippen molar-refractivity contribution in [2.45, 2.75) is 0 Å². The van der Waals surface area contributed by atoms with Gasteiger partial charge in [-0.3, -0.25) is 19.7 Å². The van der Waals surface area contributed by atoms with Crippen LogP contribution in [0.4, 0.5) is 5.69 Å². The molecule has 3 N–H and O–H groups in total. The number of nitrogen functional groups attached to an aromatic ring is 1. The highest BCUT2D eigenvalue weighted by Crippen LogP contribution is 2.20. The predicted molar refractivity (Wildman–Crippen MR) is 75.2 cm³/mol. The number of anilines is 1. The zero-order chi connectivity index (χ0) is 15.0. The summed E-state index contributed by atoms with van der Waals surface area (Å²) in [4.78, 5) is 40.4. The minimum Gasteiger partial charge on any atom is -0.398 e. The number of nitrogens with zero attached hydrogens (tertiary/aromatic N) is 2. The van der Waals surface area contributed by atoms with E-state index in [9.17, 15) is 14.4 Å². The Morgan fingerprint density at radius 2 is 1.86 bits per heavy atom. The monoisotopic (exact) mass is 284 g/mol. The maximum absolute atomic E-state index is 12.4. The van der Waals surface area contributed by atoms with E-state index in [4.69, 9.17) is 5.73 Å². The van der Waals surface area contributed by atoms with Gasteiger partial charge in [0, 0.05) is 11.1 Å². The van der Waals surface area contributed by atoms with Gasteiger partial charge < -0.3 is 10.6 Å². The summed E-state index contributed by atoms with van der Waals surface area (Å²) in [7, 11) is 0. The Labute approximate surface area is 119 Å². The first-order chi connectivity index (χ1) is 10.0. The van der Waals surface area contributed by atoms with Gasteiger partial charge in [0.15, 0.2) is 0 Å². The molecule has 3 rings (SSSR count). The lowest BCUT2D eigenvalue weighted by atomic mass is 10.1. The largest absolute Gasteiger partial charge is 0.398 e. The van der Waals surface area contributed by atoms with E-state index in [1.54, 1.807) is 12.1 Å². The SMILES string of the molecule is Nc1cc(C(=O)N2CC(=O)NC(=O)C2)nc2ccccc12. The Morgan fingerprint density at radius 3 is 2.57 bits per heavy atom. The summed E-state index contributed by atoms with van der Waals surface area (Å²) >= 11 is 0. The van der Waals surface area contributed by atoms with Crippen LogP contribution in [0.1, 0.15) is 10.5 Å². The van der Waals surface area contributed by atoms with Crippen LogP contribution in [-0.2, 0) is 9.59 Å². The number of rotatable bonds is 1. The molecule has 0 aliphatic carbocycles. The Balaban J connectivity index is 1.98. The molecule has 106 valence electrons. The maximum atomic E-state index is 12.4. The topological polar surface area (TPSA) is 105 Å². The summed E-state index contributed by atoms with van der Waals surface area (Å²) in [5, 5.41) is 2.89. The van der Waals surface area contributed by atoms with Crippen molar-refractivity contribution >= 4 is 34.3 Å². The Kier molecular flexibility index (Phi) is 3.02. The lowest BCUT2D eigenvalue weighted by Gasteiger charge is -2.25. The van der Waals surface area contributed by atoms with Crippen LogP contribution < -0.4 is 11.1 Å². The van der Waals surface area contributed by atoms with E-state index in [0.29, 0.717) is 11.2 Å². The summed E-state index contributed by atoms with van der Waals surface area (Å²) < 4.78 is 0. The number of carbonyl (C=O) groups excluding carboxylic acids is 3. The highest BCUT2D eigenvalue weighted by atomic mass is 16.2. The summed E-state index contributed by atoms with van der Waals surface area (Å²) in [5.41, 5.74) is 7.06. The summed E-state index contributed by atoms with van der Waals surface area (Å²) in [6, 6.07) is 8.64. The van der Waals surface area contributed by atoms with Gasteiger partial charge in [-0.25, -0.2) is 4.98 Å². The number of nitrogens with two attached hydrogens (primary N) is 1. The van der Waals surface area contributed by atoms with Crippen molar-refractivity contribution in [3.05, 3.63) is 36.0 Å². The van der Waals surface area contributed by atoms with Crippen molar-refractivity contribution in [3.63, 3.8) is 0 Å². The molecule has 1 fully saturated rings. The number of para-hydroxylation sites is 1. The zero-order valence-corrected chi connectivity index (χ0v) is 11.0. The fraction of sp³-hybridized carbons (Fsp3) is 0.143. The normalized spacial score (nSPS) is 15.1. The summed E-state index contributed by atoms with van der Waals surface area (Å²) in [5.74, 6) is -1.50. The average Bonchev–Trinajstić information content (AvgIpc) is 2.45. The molecule has 0 radical (unpaired) electrons. The van der Waals surface area contributed by atoms with E-state index in [-0.39, 0.29) is 18.8 Å². The molecule has 7 nitrogen and oxygen atoms in total. The number of piperazine rings is 1. The predicted octanol–water partition coefficient (Wildman–Crippen LogP) is -0.0844. The third kappa shape index (κ3) is 2.40. The molecule has 1 aliphatic heterocycles. The number of carbonyl (C=O) groups is 3. The van der Waals surface area contributed by atoms with Crippen molar-refractivity contribution in [3.8, 4) is 0 Å². The molecule has 21 heavy (non-hydrogen) atoms. The molecule has 1 aliphatic rings. The number of hydrogen-bond acceptors (Lipinski definition) is 5. The molecule has 0 unspecified atom stereocenters. The molecular weight excluding hydrogens is 272 g/mol. The molecule has 1 aromatic carbocycles. The van der Waals surface area contributed by atoms with Crippen molar-refractivity contribution in [2.24, 2.45) is 0 Å². The summed E-state index contributed by atoms with van der Waals surface area (Å²) in [6.45, 7) is -0.335. The molecule has 0 bridgehead atoms. The van der Waals surface area contributed by atoms with Crippen LogP contribution in [0.3, 0.4) is 0 Å². The standard InChI is InChI=1S/C14H12N4O3/c15-9-5-11(16-10-4-2-1-3-8(9)10)14(21)18-6-12(19)17-13(20)7-18/h1-5H,6-7H2,(H2,15,16)(H,17,19,20). The first-order valence-corrected chi connectivity index (χ1v) is 6.32. The van der Waals surface area contributed by atoms with Crippen molar-refractivity contribution in [2.75, 3.05) is 18.8 Å². The molecule has 2 aromatic rings. The lowest BCUT2D eigenvalue weighted by molar-refractivity contribution is -0.135. The third-order valence-electron chi connectivity index (χ3n) is 3.20.